The molecule has 1 saturated heterocycles. The summed E-state index contributed by atoms with van der Waals surface area (Å²) in [6.45, 7) is 6.38. The van der Waals surface area contributed by atoms with Crippen LogP contribution in [0.25, 0.3) is 11.5 Å². The van der Waals surface area contributed by atoms with E-state index in [1.54, 1.807) is 25.4 Å². The fourth-order valence-electron chi connectivity index (χ4n) is 3.78. The minimum absolute atomic E-state index is 0.692. The summed E-state index contributed by atoms with van der Waals surface area (Å²) in [6, 6.07) is 11.9. The summed E-state index contributed by atoms with van der Waals surface area (Å²) in [6.07, 6.45) is 1.64. The van der Waals surface area contributed by atoms with Gasteiger partial charge in [0, 0.05) is 11.6 Å². The Morgan fingerprint density at radius 1 is 0.893 bits per heavy atom. The van der Waals surface area contributed by atoms with Gasteiger partial charge in [0.2, 0.25) is 5.76 Å². The molecule has 0 aliphatic carbocycles. The van der Waals surface area contributed by atoms with E-state index < -0.39 is 0 Å². The predicted octanol–water partition coefficient (Wildman–Crippen LogP) is 0.435. The van der Waals surface area contributed by atoms with E-state index in [1.165, 1.54) is 10.5 Å². The molecule has 3 aromatic rings. The van der Waals surface area contributed by atoms with E-state index in [1.807, 2.05) is 24.3 Å². The molecule has 1 fully saturated rings. The Labute approximate surface area is 164 Å². The summed E-state index contributed by atoms with van der Waals surface area (Å²) in [7, 11) is 3.34. The SMILES string of the molecule is COc1ccc(C[NH+]2CC[NH+](Cc3cc(-c4ccco4)on3)CC2)cc1OC. The number of ether oxygens (including phenoxy) is 2. The Kier molecular flexibility index (Phi) is 5.64. The molecule has 0 saturated carbocycles. The largest absolute Gasteiger partial charge is 0.493 e. The molecule has 0 atom stereocenters. The van der Waals surface area contributed by atoms with Crippen LogP contribution >= 0.6 is 0 Å². The molecule has 0 radical (unpaired) electrons. The van der Waals surface area contributed by atoms with Crippen LogP contribution < -0.4 is 19.3 Å². The summed E-state index contributed by atoms with van der Waals surface area (Å²) >= 11 is 0. The van der Waals surface area contributed by atoms with Crippen LogP contribution in [0.5, 0.6) is 11.5 Å². The standard InChI is InChI=1S/C21H25N3O4/c1-25-18-6-5-16(12-20(18)26-2)14-23-7-9-24(10-8-23)15-17-13-21(28-22-17)19-4-3-11-27-19/h3-6,11-13H,7-10,14-15H2,1-2H3/p+2. The fraction of sp³-hybridized carbons (Fsp3) is 0.381. The van der Waals surface area contributed by atoms with Crippen molar-refractivity contribution in [2.24, 2.45) is 0 Å². The van der Waals surface area contributed by atoms with Crippen LogP contribution in [0.1, 0.15) is 11.3 Å². The second kappa shape index (κ2) is 8.50. The van der Waals surface area contributed by atoms with Gasteiger partial charge in [-0.1, -0.05) is 5.16 Å². The highest BCUT2D eigenvalue weighted by molar-refractivity contribution is 5.49. The van der Waals surface area contributed by atoms with Crippen LogP contribution in [0.4, 0.5) is 0 Å². The van der Waals surface area contributed by atoms with Gasteiger partial charge in [0.15, 0.2) is 17.3 Å². The maximum atomic E-state index is 5.42. The van der Waals surface area contributed by atoms with Gasteiger partial charge in [-0.05, 0) is 30.3 Å². The molecule has 2 aromatic heterocycles. The molecular formula is C21H27N3O4+2. The Balaban J connectivity index is 1.29. The average Bonchev–Trinajstić information content (AvgIpc) is 3.41. The van der Waals surface area contributed by atoms with Crippen molar-refractivity contribution >= 4 is 0 Å². The smallest absolute Gasteiger partial charge is 0.202 e. The number of benzene rings is 1. The molecule has 28 heavy (non-hydrogen) atoms. The lowest BCUT2D eigenvalue weighted by Gasteiger charge is -2.29. The van der Waals surface area contributed by atoms with Crippen molar-refractivity contribution in [3.05, 3.63) is 53.9 Å². The van der Waals surface area contributed by atoms with Crippen LogP contribution in [0.3, 0.4) is 0 Å². The van der Waals surface area contributed by atoms with E-state index in [9.17, 15) is 0 Å². The predicted molar refractivity (Wildman–Crippen MR) is 103 cm³/mol. The summed E-state index contributed by atoms with van der Waals surface area (Å²) in [5.41, 5.74) is 2.25. The van der Waals surface area contributed by atoms with Crippen molar-refractivity contribution in [1.82, 2.24) is 5.16 Å². The number of hydrogen-bond acceptors (Lipinski definition) is 5. The minimum Gasteiger partial charge on any atom is -0.493 e. The molecule has 1 aliphatic rings. The molecule has 2 N–H and O–H groups in total. The third-order valence-electron chi connectivity index (χ3n) is 5.32. The number of aromatic nitrogens is 1. The van der Waals surface area contributed by atoms with E-state index in [2.05, 4.69) is 17.3 Å². The lowest BCUT2D eigenvalue weighted by Crippen LogP contribution is -3.27. The monoisotopic (exact) mass is 385 g/mol. The summed E-state index contributed by atoms with van der Waals surface area (Å²) in [5, 5.41) is 4.20. The summed E-state index contributed by atoms with van der Waals surface area (Å²) in [5.74, 6) is 2.98. The average molecular weight is 385 g/mol. The normalized spacial score (nSPS) is 19.5. The highest BCUT2D eigenvalue weighted by Crippen LogP contribution is 2.27. The van der Waals surface area contributed by atoms with Gasteiger partial charge in [-0.25, -0.2) is 0 Å². The first-order chi connectivity index (χ1) is 13.7. The third kappa shape index (κ3) is 4.21. The molecule has 0 spiro atoms. The van der Waals surface area contributed by atoms with Crippen LogP contribution in [0.2, 0.25) is 0 Å². The Hall–Kier alpha value is -2.77. The van der Waals surface area contributed by atoms with E-state index in [0.29, 0.717) is 5.76 Å². The summed E-state index contributed by atoms with van der Waals surface area (Å²) in [4.78, 5) is 3.13. The van der Waals surface area contributed by atoms with Crippen LogP contribution in [0, 0.1) is 0 Å². The fourth-order valence-corrected chi connectivity index (χ4v) is 3.78. The first-order valence-corrected chi connectivity index (χ1v) is 9.62. The number of furan rings is 1. The lowest BCUT2D eigenvalue weighted by atomic mass is 10.1. The van der Waals surface area contributed by atoms with Gasteiger partial charge in [-0.3, -0.25) is 0 Å². The molecule has 1 aliphatic heterocycles. The molecule has 7 nitrogen and oxygen atoms in total. The first kappa shape index (κ1) is 18.6. The van der Waals surface area contributed by atoms with Gasteiger partial charge in [0.1, 0.15) is 45.0 Å². The molecule has 148 valence electrons. The quantitative estimate of drug-likeness (QED) is 0.618. The Bertz CT molecular complexity index is 883. The van der Waals surface area contributed by atoms with E-state index in [4.69, 9.17) is 18.4 Å². The lowest BCUT2D eigenvalue weighted by molar-refractivity contribution is -1.02. The topological polar surface area (TPSA) is 66.5 Å². The highest BCUT2D eigenvalue weighted by Gasteiger charge is 2.24. The summed E-state index contributed by atoms with van der Waals surface area (Å²) < 4.78 is 21.5. The number of piperazine rings is 1. The number of rotatable bonds is 7. The maximum Gasteiger partial charge on any atom is 0.202 e. The van der Waals surface area contributed by atoms with Crippen molar-refractivity contribution in [2.45, 2.75) is 13.1 Å². The van der Waals surface area contributed by atoms with Crippen molar-refractivity contribution in [3.63, 3.8) is 0 Å². The van der Waals surface area contributed by atoms with Gasteiger partial charge in [-0.2, -0.15) is 0 Å². The van der Waals surface area contributed by atoms with Gasteiger partial charge in [-0.15, -0.1) is 0 Å². The van der Waals surface area contributed by atoms with Crippen molar-refractivity contribution in [1.29, 1.82) is 0 Å². The second-order valence-electron chi connectivity index (χ2n) is 7.20. The Morgan fingerprint density at radius 2 is 1.64 bits per heavy atom. The third-order valence-corrected chi connectivity index (χ3v) is 5.32. The zero-order valence-electron chi connectivity index (χ0n) is 16.4. The van der Waals surface area contributed by atoms with Crippen LogP contribution in [-0.4, -0.2) is 45.6 Å². The Morgan fingerprint density at radius 3 is 2.32 bits per heavy atom. The minimum atomic E-state index is 0.692. The molecule has 0 unspecified atom stereocenters. The van der Waals surface area contributed by atoms with Crippen molar-refractivity contribution in [2.75, 3.05) is 40.4 Å². The first-order valence-electron chi connectivity index (χ1n) is 9.62. The molecule has 0 amide bonds. The zero-order chi connectivity index (χ0) is 19.3. The molecule has 7 heteroatoms. The van der Waals surface area contributed by atoms with E-state index in [-0.39, 0.29) is 0 Å². The highest BCUT2D eigenvalue weighted by atomic mass is 16.5. The number of methoxy groups -OCH3 is 2. The van der Waals surface area contributed by atoms with Gasteiger partial charge in [0.25, 0.3) is 0 Å². The van der Waals surface area contributed by atoms with Crippen LogP contribution in [0.15, 0.2) is 51.6 Å². The molecule has 4 rings (SSSR count). The number of quaternary nitrogens is 2. The number of nitrogens with zero attached hydrogens (tertiary/aromatic N) is 1. The molecule has 3 heterocycles. The van der Waals surface area contributed by atoms with E-state index >= 15 is 0 Å². The van der Waals surface area contributed by atoms with Gasteiger partial charge in [0.05, 0.1) is 20.5 Å². The zero-order valence-corrected chi connectivity index (χ0v) is 16.4. The van der Waals surface area contributed by atoms with Crippen molar-refractivity contribution < 1.29 is 28.2 Å². The van der Waals surface area contributed by atoms with Gasteiger partial charge >= 0.3 is 0 Å². The van der Waals surface area contributed by atoms with E-state index in [0.717, 1.165) is 62.2 Å². The molecule has 1 aromatic carbocycles. The molecular weight excluding hydrogens is 358 g/mol. The maximum absolute atomic E-state index is 5.42. The number of hydrogen-bond donors (Lipinski definition) is 2. The van der Waals surface area contributed by atoms with Gasteiger partial charge < -0.3 is 28.2 Å². The number of nitrogens with one attached hydrogen (secondary N) is 2. The van der Waals surface area contributed by atoms with Crippen LogP contribution in [-0.2, 0) is 13.1 Å². The van der Waals surface area contributed by atoms with Crippen molar-refractivity contribution in [3.8, 4) is 23.0 Å². The molecule has 0 bridgehead atoms. The second-order valence-corrected chi connectivity index (χ2v) is 7.20.